The average molecular weight is 337 g/mol. The number of rotatable bonds is 4. The lowest BCUT2D eigenvalue weighted by molar-refractivity contribution is 0.183. The van der Waals surface area contributed by atoms with Crippen molar-refractivity contribution in [2.24, 2.45) is 7.05 Å². The summed E-state index contributed by atoms with van der Waals surface area (Å²) >= 11 is 3.46. The normalized spacial score (nSPS) is 18.4. The standard InChI is InChI=1S/C14H19N5OS2/c1-18-7-11(6-17-18)13-9-21-5-4-19(13)14(20)15-3-2-12-8-22-10-16-12/h6-8,10,13H,2-5,9H2,1H3,(H,15,20)/t13-/m0/s1. The highest BCUT2D eigenvalue weighted by Crippen LogP contribution is 2.29. The molecule has 1 aliphatic heterocycles. The molecule has 0 bridgehead atoms. The van der Waals surface area contributed by atoms with E-state index in [1.165, 1.54) is 0 Å². The van der Waals surface area contributed by atoms with Crippen molar-refractivity contribution in [1.82, 2.24) is 25.0 Å². The molecular weight excluding hydrogens is 318 g/mol. The van der Waals surface area contributed by atoms with Crippen LogP contribution in [0.3, 0.4) is 0 Å². The Hall–Kier alpha value is -1.54. The van der Waals surface area contributed by atoms with Gasteiger partial charge in [0.25, 0.3) is 0 Å². The summed E-state index contributed by atoms with van der Waals surface area (Å²) < 4.78 is 1.78. The molecule has 0 radical (unpaired) electrons. The molecule has 3 heterocycles. The van der Waals surface area contributed by atoms with Gasteiger partial charge in [0.05, 0.1) is 23.4 Å². The monoisotopic (exact) mass is 337 g/mol. The second kappa shape index (κ2) is 7.15. The molecule has 1 aliphatic rings. The number of carbonyl (C=O) groups is 1. The summed E-state index contributed by atoms with van der Waals surface area (Å²) in [5, 5.41) is 9.25. The van der Waals surface area contributed by atoms with Crippen molar-refractivity contribution < 1.29 is 4.79 Å². The molecule has 2 aromatic rings. The number of nitrogens with zero attached hydrogens (tertiary/aromatic N) is 4. The number of amides is 2. The van der Waals surface area contributed by atoms with E-state index in [9.17, 15) is 4.79 Å². The maximum absolute atomic E-state index is 12.5. The Morgan fingerprint density at radius 2 is 2.45 bits per heavy atom. The zero-order chi connectivity index (χ0) is 15.4. The molecule has 0 saturated carbocycles. The van der Waals surface area contributed by atoms with Crippen molar-refractivity contribution in [3.05, 3.63) is 34.5 Å². The average Bonchev–Trinajstić information content (AvgIpc) is 3.19. The Balaban J connectivity index is 1.59. The molecule has 8 heteroatoms. The van der Waals surface area contributed by atoms with E-state index in [-0.39, 0.29) is 12.1 Å². The van der Waals surface area contributed by atoms with Crippen molar-refractivity contribution in [3.8, 4) is 0 Å². The first-order chi connectivity index (χ1) is 10.7. The first kappa shape index (κ1) is 15.4. The largest absolute Gasteiger partial charge is 0.338 e. The van der Waals surface area contributed by atoms with Gasteiger partial charge in [-0.2, -0.15) is 16.9 Å². The number of carbonyl (C=O) groups excluding carboxylic acids is 1. The number of thioether (sulfide) groups is 1. The number of hydrogen-bond donors (Lipinski definition) is 1. The Bertz CT molecular complexity index is 613. The van der Waals surface area contributed by atoms with Gasteiger partial charge < -0.3 is 10.2 Å². The van der Waals surface area contributed by atoms with Crippen LogP contribution in [0, 0.1) is 0 Å². The quantitative estimate of drug-likeness (QED) is 0.926. The van der Waals surface area contributed by atoms with Crippen LogP contribution in [0.15, 0.2) is 23.3 Å². The second-order valence-corrected chi connectivity index (χ2v) is 7.06. The molecule has 1 saturated heterocycles. The molecule has 22 heavy (non-hydrogen) atoms. The van der Waals surface area contributed by atoms with E-state index in [0.717, 1.165) is 35.7 Å². The van der Waals surface area contributed by atoms with Gasteiger partial charge in [0.15, 0.2) is 0 Å². The van der Waals surface area contributed by atoms with Gasteiger partial charge in [-0.25, -0.2) is 9.78 Å². The Kier molecular flexibility index (Phi) is 4.99. The lowest BCUT2D eigenvalue weighted by atomic mass is 10.1. The van der Waals surface area contributed by atoms with Gasteiger partial charge in [-0.3, -0.25) is 4.68 Å². The fraction of sp³-hybridized carbons (Fsp3) is 0.500. The maximum atomic E-state index is 12.5. The first-order valence-corrected chi connectivity index (χ1v) is 9.31. The molecule has 1 fully saturated rings. The van der Waals surface area contributed by atoms with Crippen molar-refractivity contribution in [2.45, 2.75) is 12.5 Å². The minimum atomic E-state index is 0.00406. The molecule has 6 nitrogen and oxygen atoms in total. The minimum Gasteiger partial charge on any atom is -0.338 e. The Morgan fingerprint density at radius 3 is 3.18 bits per heavy atom. The summed E-state index contributed by atoms with van der Waals surface area (Å²) in [4.78, 5) is 18.6. The predicted octanol–water partition coefficient (Wildman–Crippen LogP) is 1.92. The number of aryl methyl sites for hydroxylation is 1. The van der Waals surface area contributed by atoms with E-state index >= 15 is 0 Å². The van der Waals surface area contributed by atoms with E-state index in [1.54, 1.807) is 16.0 Å². The van der Waals surface area contributed by atoms with E-state index in [1.807, 2.05) is 47.0 Å². The molecule has 1 N–H and O–H groups in total. The minimum absolute atomic E-state index is 0.00406. The highest BCUT2D eigenvalue weighted by Gasteiger charge is 2.29. The molecule has 3 rings (SSSR count). The van der Waals surface area contributed by atoms with Crippen LogP contribution in [-0.2, 0) is 13.5 Å². The first-order valence-electron chi connectivity index (χ1n) is 7.22. The molecule has 1 atom stereocenters. The van der Waals surface area contributed by atoms with Crippen LogP contribution in [0.25, 0.3) is 0 Å². The van der Waals surface area contributed by atoms with Crippen LogP contribution in [0.4, 0.5) is 4.79 Å². The van der Waals surface area contributed by atoms with Gasteiger partial charge in [0.1, 0.15) is 0 Å². The summed E-state index contributed by atoms with van der Waals surface area (Å²) in [6.45, 7) is 1.39. The van der Waals surface area contributed by atoms with Crippen LogP contribution in [0.5, 0.6) is 0 Å². The van der Waals surface area contributed by atoms with Gasteiger partial charge in [0, 0.05) is 55.2 Å². The fourth-order valence-electron chi connectivity index (χ4n) is 2.50. The Labute approximate surface area is 137 Å². The van der Waals surface area contributed by atoms with Gasteiger partial charge in [0.2, 0.25) is 0 Å². The predicted molar refractivity (Wildman–Crippen MR) is 89.2 cm³/mol. The van der Waals surface area contributed by atoms with Crippen LogP contribution in [0.1, 0.15) is 17.3 Å². The molecular formula is C14H19N5OS2. The van der Waals surface area contributed by atoms with Crippen LogP contribution >= 0.6 is 23.1 Å². The van der Waals surface area contributed by atoms with Crippen LogP contribution in [-0.4, -0.2) is 50.3 Å². The molecule has 0 aromatic carbocycles. The van der Waals surface area contributed by atoms with Crippen LogP contribution in [0.2, 0.25) is 0 Å². The molecule has 118 valence electrons. The van der Waals surface area contributed by atoms with Crippen molar-refractivity contribution in [2.75, 3.05) is 24.6 Å². The summed E-state index contributed by atoms with van der Waals surface area (Å²) in [6.07, 6.45) is 4.62. The fourth-order valence-corrected chi connectivity index (χ4v) is 4.18. The number of hydrogen-bond acceptors (Lipinski definition) is 5. The van der Waals surface area contributed by atoms with E-state index < -0.39 is 0 Å². The van der Waals surface area contributed by atoms with Gasteiger partial charge in [-0.15, -0.1) is 11.3 Å². The summed E-state index contributed by atoms with van der Waals surface area (Å²) in [7, 11) is 1.90. The van der Waals surface area contributed by atoms with E-state index in [4.69, 9.17) is 0 Å². The number of urea groups is 1. The summed E-state index contributed by atoms with van der Waals surface area (Å²) in [6, 6.07) is 0.108. The molecule has 2 aromatic heterocycles. The smallest absolute Gasteiger partial charge is 0.317 e. The van der Waals surface area contributed by atoms with Gasteiger partial charge in [-0.1, -0.05) is 0 Å². The zero-order valence-electron chi connectivity index (χ0n) is 12.4. The third-order valence-corrected chi connectivity index (χ3v) is 5.30. The van der Waals surface area contributed by atoms with E-state index in [2.05, 4.69) is 15.4 Å². The highest BCUT2D eigenvalue weighted by atomic mass is 32.2. The van der Waals surface area contributed by atoms with Gasteiger partial charge >= 0.3 is 6.03 Å². The van der Waals surface area contributed by atoms with E-state index in [0.29, 0.717) is 6.54 Å². The molecule has 2 amide bonds. The topological polar surface area (TPSA) is 63.1 Å². The maximum Gasteiger partial charge on any atom is 0.317 e. The number of thiazole rings is 1. The zero-order valence-corrected chi connectivity index (χ0v) is 14.1. The van der Waals surface area contributed by atoms with Crippen molar-refractivity contribution >= 4 is 29.1 Å². The highest BCUT2D eigenvalue weighted by molar-refractivity contribution is 7.99. The summed E-state index contributed by atoms with van der Waals surface area (Å²) in [5.74, 6) is 1.90. The Morgan fingerprint density at radius 1 is 1.55 bits per heavy atom. The molecule has 0 unspecified atom stereocenters. The third kappa shape index (κ3) is 3.61. The molecule has 0 aliphatic carbocycles. The number of nitrogens with one attached hydrogen (secondary N) is 1. The van der Waals surface area contributed by atoms with Crippen molar-refractivity contribution in [1.29, 1.82) is 0 Å². The number of aromatic nitrogens is 3. The summed E-state index contributed by atoms with van der Waals surface area (Å²) in [5.41, 5.74) is 3.95. The second-order valence-electron chi connectivity index (χ2n) is 5.19. The lowest BCUT2D eigenvalue weighted by Crippen LogP contribution is -2.46. The van der Waals surface area contributed by atoms with Gasteiger partial charge in [-0.05, 0) is 0 Å². The van der Waals surface area contributed by atoms with Crippen molar-refractivity contribution in [3.63, 3.8) is 0 Å². The lowest BCUT2D eigenvalue weighted by Gasteiger charge is -2.34. The third-order valence-electron chi connectivity index (χ3n) is 3.64. The van der Waals surface area contributed by atoms with Crippen LogP contribution < -0.4 is 5.32 Å². The molecule has 0 spiro atoms. The SMILES string of the molecule is Cn1cc([C@@H]2CSCCN2C(=O)NCCc2cscn2)cn1.